The summed E-state index contributed by atoms with van der Waals surface area (Å²) in [6, 6.07) is 6.27. The lowest BCUT2D eigenvalue weighted by atomic mass is 10.1. The number of aliphatic carboxylic acids is 1. The smallest absolute Gasteiger partial charge is 0.478 e. The molecule has 0 fully saturated rings. The fourth-order valence-electron chi connectivity index (χ4n) is 1.37. The van der Waals surface area contributed by atoms with Gasteiger partial charge < -0.3 is 10.2 Å². The van der Waals surface area contributed by atoms with Gasteiger partial charge in [-0.3, -0.25) is 4.79 Å². The lowest BCUT2D eigenvalue weighted by Crippen LogP contribution is -2.60. The van der Waals surface area contributed by atoms with Crippen LogP contribution >= 0.6 is 0 Å². The first-order valence-electron chi connectivity index (χ1n) is 5.00. The standard InChI is InChI=1S/C11H10F3NO4/c1-10(19,9(17)18)15(11(12,13)14)8(16)7-5-3-2-4-6-7/h2-6,19H,1H3,(H,17,18). The van der Waals surface area contributed by atoms with Crippen LogP contribution in [0.1, 0.15) is 17.3 Å². The van der Waals surface area contributed by atoms with E-state index in [9.17, 15) is 27.9 Å². The van der Waals surface area contributed by atoms with Gasteiger partial charge in [0.05, 0.1) is 0 Å². The molecule has 2 N–H and O–H groups in total. The summed E-state index contributed by atoms with van der Waals surface area (Å²) in [5.74, 6) is -3.84. The van der Waals surface area contributed by atoms with Crippen LogP contribution in [0.4, 0.5) is 13.2 Å². The minimum Gasteiger partial charge on any atom is -0.478 e. The van der Waals surface area contributed by atoms with Crippen LogP contribution in [0.3, 0.4) is 0 Å². The molecule has 19 heavy (non-hydrogen) atoms. The molecule has 0 bridgehead atoms. The molecule has 0 saturated heterocycles. The van der Waals surface area contributed by atoms with Crippen LogP contribution in [-0.4, -0.2) is 39.0 Å². The van der Waals surface area contributed by atoms with Crippen LogP contribution in [0.25, 0.3) is 0 Å². The molecule has 0 aromatic heterocycles. The monoisotopic (exact) mass is 277 g/mol. The molecule has 8 heteroatoms. The van der Waals surface area contributed by atoms with Crippen molar-refractivity contribution >= 4 is 11.9 Å². The molecule has 5 nitrogen and oxygen atoms in total. The number of nitrogens with zero attached hydrogens (tertiary/aromatic N) is 1. The van der Waals surface area contributed by atoms with Gasteiger partial charge in [0.15, 0.2) is 0 Å². The average molecular weight is 277 g/mol. The number of hydrogen-bond acceptors (Lipinski definition) is 3. The van der Waals surface area contributed by atoms with Crippen molar-refractivity contribution in [2.45, 2.75) is 18.9 Å². The lowest BCUT2D eigenvalue weighted by Gasteiger charge is -2.34. The van der Waals surface area contributed by atoms with Crippen LogP contribution in [0.5, 0.6) is 0 Å². The van der Waals surface area contributed by atoms with E-state index < -0.39 is 28.8 Å². The molecular formula is C11H10F3NO4. The third-order valence-corrected chi connectivity index (χ3v) is 2.32. The Bertz CT molecular complexity index is 484. The van der Waals surface area contributed by atoms with E-state index in [2.05, 4.69) is 0 Å². The third kappa shape index (κ3) is 3.02. The minimum atomic E-state index is -5.34. The van der Waals surface area contributed by atoms with Gasteiger partial charge in [-0.25, -0.2) is 9.69 Å². The molecule has 0 aliphatic carbocycles. The van der Waals surface area contributed by atoms with Gasteiger partial charge in [-0.1, -0.05) is 18.2 Å². The number of halogens is 3. The largest absolute Gasteiger partial charge is 0.490 e. The van der Waals surface area contributed by atoms with E-state index in [1.165, 1.54) is 18.2 Å². The highest BCUT2D eigenvalue weighted by molar-refractivity contribution is 5.97. The van der Waals surface area contributed by atoms with Crippen molar-refractivity contribution in [3.63, 3.8) is 0 Å². The fourth-order valence-corrected chi connectivity index (χ4v) is 1.37. The van der Waals surface area contributed by atoms with Crippen LogP contribution in [-0.2, 0) is 4.79 Å². The normalized spacial score (nSPS) is 14.6. The quantitative estimate of drug-likeness (QED) is 0.647. The predicted molar refractivity (Wildman–Crippen MR) is 56.9 cm³/mol. The molecule has 0 spiro atoms. The Kier molecular flexibility index (Phi) is 3.85. The average Bonchev–Trinajstić information content (AvgIpc) is 2.27. The molecule has 1 atom stereocenters. The number of aliphatic hydroxyl groups is 1. The molecule has 0 saturated carbocycles. The Hall–Kier alpha value is -2.09. The van der Waals surface area contributed by atoms with Crippen molar-refractivity contribution in [2.24, 2.45) is 0 Å². The van der Waals surface area contributed by atoms with Crippen LogP contribution in [0, 0.1) is 0 Å². The molecule has 0 aliphatic rings. The van der Waals surface area contributed by atoms with Gasteiger partial charge in [-0.15, -0.1) is 13.2 Å². The summed E-state index contributed by atoms with van der Waals surface area (Å²) in [6.45, 7) is 0.379. The highest BCUT2D eigenvalue weighted by Gasteiger charge is 2.55. The molecule has 1 rings (SSSR count). The highest BCUT2D eigenvalue weighted by atomic mass is 19.4. The van der Waals surface area contributed by atoms with E-state index in [-0.39, 0.29) is 5.56 Å². The van der Waals surface area contributed by atoms with E-state index in [4.69, 9.17) is 5.11 Å². The number of carboxylic acids is 1. The fraction of sp³-hybridized carbons (Fsp3) is 0.273. The second-order valence-electron chi connectivity index (χ2n) is 3.80. The maximum Gasteiger partial charge on any atom is 0.490 e. The van der Waals surface area contributed by atoms with Crippen LogP contribution in [0.15, 0.2) is 30.3 Å². The van der Waals surface area contributed by atoms with Gasteiger partial charge in [0.25, 0.3) is 5.91 Å². The number of amides is 1. The number of alkyl halides is 3. The Labute approximate surface area is 105 Å². The van der Waals surface area contributed by atoms with Gasteiger partial charge in [0.1, 0.15) is 0 Å². The van der Waals surface area contributed by atoms with Gasteiger partial charge in [-0.05, 0) is 19.1 Å². The van der Waals surface area contributed by atoms with Crippen molar-refractivity contribution in [1.29, 1.82) is 0 Å². The molecule has 0 aliphatic heterocycles. The zero-order valence-corrected chi connectivity index (χ0v) is 9.68. The number of hydrogen-bond donors (Lipinski definition) is 2. The van der Waals surface area contributed by atoms with Crippen molar-refractivity contribution in [1.82, 2.24) is 4.90 Å². The molecule has 1 unspecified atom stereocenters. The zero-order valence-electron chi connectivity index (χ0n) is 9.68. The Morgan fingerprint density at radius 1 is 1.16 bits per heavy atom. The minimum absolute atomic E-state index is 0.379. The van der Waals surface area contributed by atoms with Gasteiger partial charge in [-0.2, -0.15) is 0 Å². The highest BCUT2D eigenvalue weighted by Crippen LogP contribution is 2.30. The van der Waals surface area contributed by atoms with Gasteiger partial charge in [0, 0.05) is 5.56 Å². The van der Waals surface area contributed by atoms with Crippen LogP contribution < -0.4 is 0 Å². The number of carbonyl (C=O) groups is 2. The number of rotatable bonds is 3. The van der Waals surface area contributed by atoms with E-state index in [0.29, 0.717) is 6.92 Å². The molecule has 0 heterocycles. The topological polar surface area (TPSA) is 77.8 Å². The van der Waals surface area contributed by atoms with E-state index in [1.807, 2.05) is 0 Å². The molecule has 0 radical (unpaired) electrons. The number of carboxylic acid groups (broad SMARTS) is 1. The number of benzene rings is 1. The Morgan fingerprint density at radius 2 is 1.63 bits per heavy atom. The van der Waals surface area contributed by atoms with Crippen LogP contribution in [0.2, 0.25) is 0 Å². The maximum atomic E-state index is 12.8. The lowest BCUT2D eigenvalue weighted by molar-refractivity contribution is -0.285. The maximum absolute atomic E-state index is 12.8. The Morgan fingerprint density at radius 3 is 2.00 bits per heavy atom. The van der Waals surface area contributed by atoms with Crippen molar-refractivity contribution in [2.75, 3.05) is 0 Å². The third-order valence-electron chi connectivity index (χ3n) is 2.32. The second-order valence-corrected chi connectivity index (χ2v) is 3.80. The summed E-state index contributed by atoms with van der Waals surface area (Å²) in [4.78, 5) is 21.4. The van der Waals surface area contributed by atoms with E-state index in [0.717, 1.165) is 12.1 Å². The van der Waals surface area contributed by atoms with Crippen molar-refractivity contribution in [3.05, 3.63) is 35.9 Å². The summed E-state index contributed by atoms with van der Waals surface area (Å²) in [5, 5.41) is 18.0. The first-order chi connectivity index (χ1) is 8.58. The Balaban J connectivity index is 3.28. The van der Waals surface area contributed by atoms with E-state index in [1.54, 1.807) is 0 Å². The summed E-state index contributed by atoms with van der Waals surface area (Å²) >= 11 is 0. The van der Waals surface area contributed by atoms with E-state index >= 15 is 0 Å². The van der Waals surface area contributed by atoms with Crippen molar-refractivity contribution in [3.8, 4) is 0 Å². The van der Waals surface area contributed by atoms with Gasteiger partial charge in [0.2, 0.25) is 5.72 Å². The molecular weight excluding hydrogens is 267 g/mol. The second kappa shape index (κ2) is 4.88. The molecule has 104 valence electrons. The molecule has 1 amide bonds. The summed E-state index contributed by atoms with van der Waals surface area (Å²) in [5.41, 5.74) is -3.79. The molecule has 1 aromatic rings. The zero-order chi connectivity index (χ0) is 14.8. The summed E-state index contributed by atoms with van der Waals surface area (Å²) < 4.78 is 38.4. The molecule has 1 aromatic carbocycles. The summed E-state index contributed by atoms with van der Waals surface area (Å²) in [7, 11) is 0. The first-order valence-corrected chi connectivity index (χ1v) is 5.00. The predicted octanol–water partition coefficient (Wildman–Crippen LogP) is 1.44. The summed E-state index contributed by atoms with van der Waals surface area (Å²) in [6.07, 6.45) is -5.34. The van der Waals surface area contributed by atoms with Crippen molar-refractivity contribution < 1.29 is 33.0 Å². The SMILES string of the molecule is CC(O)(C(=O)O)N(C(=O)c1ccccc1)C(F)(F)F. The number of carbonyl (C=O) groups excluding carboxylic acids is 1. The first kappa shape index (κ1) is 15.0. The van der Waals surface area contributed by atoms with Gasteiger partial charge >= 0.3 is 12.3 Å².